The number of aromatic hydroxyl groups is 1. The van der Waals surface area contributed by atoms with E-state index in [1.807, 2.05) is 0 Å². The van der Waals surface area contributed by atoms with Crippen molar-refractivity contribution in [3.63, 3.8) is 0 Å². The highest BCUT2D eigenvalue weighted by Crippen LogP contribution is 2.27. The molecule has 0 amide bonds. The van der Waals surface area contributed by atoms with E-state index in [0.29, 0.717) is 5.56 Å². The van der Waals surface area contributed by atoms with Gasteiger partial charge in [0.05, 0.1) is 7.11 Å². The van der Waals surface area contributed by atoms with Crippen LogP contribution in [0.15, 0.2) is 30.3 Å². The first-order valence-corrected chi connectivity index (χ1v) is 8.50. The molecule has 0 saturated heterocycles. The summed E-state index contributed by atoms with van der Waals surface area (Å²) in [5.41, 5.74) is 1.08. The molecule has 0 saturated carbocycles. The van der Waals surface area contributed by atoms with E-state index >= 15 is 0 Å². The molecule has 0 spiro atoms. The molecule has 1 heterocycles. The van der Waals surface area contributed by atoms with Crippen molar-refractivity contribution in [2.24, 2.45) is 0 Å². The highest BCUT2D eigenvalue weighted by molar-refractivity contribution is 6.00. The Hall–Kier alpha value is -3.23. The molecule has 2 aromatic rings. The van der Waals surface area contributed by atoms with E-state index in [9.17, 15) is 27.9 Å². The van der Waals surface area contributed by atoms with Crippen LogP contribution in [0.1, 0.15) is 27.3 Å². The molecular weight excluding hydrogens is 391 g/mol. The van der Waals surface area contributed by atoms with Crippen molar-refractivity contribution in [1.82, 2.24) is 4.57 Å². The summed E-state index contributed by atoms with van der Waals surface area (Å²) in [4.78, 5) is 24.1. The number of halogens is 3. The predicted molar refractivity (Wildman–Crippen MR) is 98.9 cm³/mol. The van der Waals surface area contributed by atoms with Gasteiger partial charge < -0.3 is 19.1 Å². The number of alkyl halides is 3. The van der Waals surface area contributed by atoms with E-state index in [-0.39, 0.29) is 28.5 Å². The summed E-state index contributed by atoms with van der Waals surface area (Å²) in [7, 11) is 1.38. The maximum atomic E-state index is 12.7. The highest BCUT2D eigenvalue weighted by atomic mass is 19.4. The van der Waals surface area contributed by atoms with Crippen LogP contribution in [0.2, 0.25) is 0 Å². The van der Waals surface area contributed by atoms with Gasteiger partial charge in [-0.15, -0.1) is 0 Å². The second-order valence-corrected chi connectivity index (χ2v) is 6.28. The molecule has 0 aliphatic rings. The second kappa shape index (κ2) is 8.85. The molecule has 156 valence electrons. The van der Waals surface area contributed by atoms with Gasteiger partial charge in [0, 0.05) is 23.0 Å². The Kier molecular flexibility index (Phi) is 6.73. The molecule has 1 N–H and O–H groups in total. The summed E-state index contributed by atoms with van der Waals surface area (Å²) >= 11 is 0. The molecule has 0 atom stereocenters. The first-order valence-electron chi connectivity index (χ1n) is 8.50. The number of esters is 1. The minimum absolute atomic E-state index is 0.0547. The van der Waals surface area contributed by atoms with Crippen LogP contribution in [-0.4, -0.2) is 41.3 Å². The number of aromatic nitrogens is 1. The maximum absolute atomic E-state index is 12.7. The smallest absolute Gasteiger partial charge is 0.406 e. The largest absolute Gasteiger partial charge is 0.504 e. The Balaban J connectivity index is 2.00. The number of ether oxygens (including phenoxy) is 2. The van der Waals surface area contributed by atoms with Crippen molar-refractivity contribution in [1.29, 1.82) is 0 Å². The number of carbonyl (C=O) groups is 2. The van der Waals surface area contributed by atoms with Gasteiger partial charge in [-0.3, -0.25) is 4.79 Å². The predicted octanol–water partition coefficient (Wildman–Crippen LogP) is 3.82. The lowest BCUT2D eigenvalue weighted by atomic mass is 10.1. The van der Waals surface area contributed by atoms with Gasteiger partial charge in [0.1, 0.15) is 6.54 Å². The number of rotatable bonds is 7. The average Bonchev–Trinajstić information content (AvgIpc) is 2.92. The molecule has 6 nitrogen and oxygen atoms in total. The third-order valence-electron chi connectivity index (χ3n) is 4.17. The number of aryl methyl sites for hydroxylation is 1. The number of ketones is 1. The first-order chi connectivity index (χ1) is 13.5. The van der Waals surface area contributed by atoms with E-state index in [1.165, 1.54) is 45.2 Å². The minimum Gasteiger partial charge on any atom is -0.504 e. The average molecular weight is 411 g/mol. The number of hydrogen-bond donors (Lipinski definition) is 1. The van der Waals surface area contributed by atoms with Gasteiger partial charge in [0.15, 0.2) is 18.1 Å². The van der Waals surface area contributed by atoms with Gasteiger partial charge in [-0.25, -0.2) is 4.79 Å². The molecule has 2 rings (SSSR count). The zero-order chi connectivity index (χ0) is 21.8. The van der Waals surface area contributed by atoms with Gasteiger partial charge in [-0.05, 0) is 43.7 Å². The van der Waals surface area contributed by atoms with Crippen molar-refractivity contribution in [2.75, 3.05) is 13.7 Å². The monoisotopic (exact) mass is 411 g/mol. The summed E-state index contributed by atoms with van der Waals surface area (Å²) < 4.78 is 48.8. The van der Waals surface area contributed by atoms with E-state index in [2.05, 4.69) is 0 Å². The fourth-order valence-corrected chi connectivity index (χ4v) is 2.73. The maximum Gasteiger partial charge on any atom is 0.406 e. The Morgan fingerprint density at radius 3 is 2.52 bits per heavy atom. The Bertz CT molecular complexity index is 944. The van der Waals surface area contributed by atoms with Crippen LogP contribution < -0.4 is 4.74 Å². The van der Waals surface area contributed by atoms with Crippen LogP contribution in [0.4, 0.5) is 13.2 Å². The van der Waals surface area contributed by atoms with Crippen molar-refractivity contribution in [3.05, 3.63) is 52.9 Å². The van der Waals surface area contributed by atoms with E-state index in [0.717, 1.165) is 10.6 Å². The number of methoxy groups -OCH3 is 1. The molecule has 1 aromatic carbocycles. The number of benzene rings is 1. The quantitative estimate of drug-likeness (QED) is 0.426. The SMILES string of the molecule is COc1cc(C=CC(=O)OCC(=O)c2cc(C)n(CC(F)(F)F)c2C)ccc1O. The normalized spacial score (nSPS) is 11.7. The molecule has 0 aliphatic heterocycles. The zero-order valence-corrected chi connectivity index (χ0v) is 16.0. The third kappa shape index (κ3) is 5.87. The topological polar surface area (TPSA) is 77.8 Å². The van der Waals surface area contributed by atoms with Crippen molar-refractivity contribution < 1.29 is 37.3 Å². The Morgan fingerprint density at radius 1 is 1.21 bits per heavy atom. The summed E-state index contributed by atoms with van der Waals surface area (Å²) in [6, 6.07) is 5.78. The summed E-state index contributed by atoms with van der Waals surface area (Å²) in [6.07, 6.45) is -1.92. The van der Waals surface area contributed by atoms with Crippen LogP contribution in [0, 0.1) is 13.8 Å². The van der Waals surface area contributed by atoms with Crippen LogP contribution in [-0.2, 0) is 16.1 Å². The van der Waals surface area contributed by atoms with Gasteiger partial charge in [0.25, 0.3) is 0 Å². The minimum atomic E-state index is -4.41. The summed E-state index contributed by atoms with van der Waals surface area (Å²) in [5.74, 6) is -1.22. The number of carbonyl (C=O) groups excluding carboxylic acids is 2. The number of phenolic OH excluding ortho intramolecular Hbond substituents is 1. The fourth-order valence-electron chi connectivity index (χ4n) is 2.73. The first kappa shape index (κ1) is 22.1. The lowest BCUT2D eigenvalue weighted by Gasteiger charge is -2.12. The van der Waals surface area contributed by atoms with Gasteiger partial charge in [-0.1, -0.05) is 6.07 Å². The fraction of sp³-hybridized carbons (Fsp3) is 0.300. The molecule has 0 bridgehead atoms. The number of Topliss-reactive ketones (excluding diaryl/α,β-unsaturated/α-hetero) is 1. The molecule has 0 radical (unpaired) electrons. The third-order valence-corrected chi connectivity index (χ3v) is 4.17. The second-order valence-electron chi connectivity index (χ2n) is 6.28. The lowest BCUT2D eigenvalue weighted by molar-refractivity contribution is -0.141. The van der Waals surface area contributed by atoms with Crippen LogP contribution in [0.3, 0.4) is 0 Å². The van der Waals surface area contributed by atoms with E-state index in [1.54, 1.807) is 6.07 Å². The Labute approximate surface area is 165 Å². The molecule has 1 aromatic heterocycles. The molecule has 9 heteroatoms. The van der Waals surface area contributed by atoms with Crippen LogP contribution in [0.5, 0.6) is 11.5 Å². The molecule has 0 unspecified atom stereocenters. The standard InChI is InChI=1S/C20H20F3NO5/c1-12-8-15(13(2)24(12)11-20(21,22)23)17(26)10-29-19(27)7-5-14-4-6-16(25)18(9-14)28-3/h4-9,25H,10-11H2,1-3H3. The Morgan fingerprint density at radius 2 is 1.90 bits per heavy atom. The van der Waals surface area contributed by atoms with Crippen molar-refractivity contribution >= 4 is 17.8 Å². The molecule has 29 heavy (non-hydrogen) atoms. The molecule has 0 aliphatic carbocycles. The summed E-state index contributed by atoms with van der Waals surface area (Å²) in [5, 5.41) is 9.53. The van der Waals surface area contributed by atoms with Crippen molar-refractivity contribution in [3.8, 4) is 11.5 Å². The van der Waals surface area contributed by atoms with Crippen LogP contribution in [0.25, 0.3) is 6.08 Å². The number of nitrogens with zero attached hydrogens (tertiary/aromatic N) is 1. The number of phenols is 1. The van der Waals surface area contributed by atoms with Crippen LogP contribution >= 0.6 is 0 Å². The van der Waals surface area contributed by atoms with Gasteiger partial charge >= 0.3 is 12.1 Å². The van der Waals surface area contributed by atoms with E-state index < -0.39 is 31.1 Å². The molecular formula is C20H20F3NO5. The van der Waals surface area contributed by atoms with E-state index in [4.69, 9.17) is 9.47 Å². The van der Waals surface area contributed by atoms with Gasteiger partial charge in [-0.2, -0.15) is 13.2 Å². The summed E-state index contributed by atoms with van der Waals surface area (Å²) in [6.45, 7) is 1.08. The zero-order valence-electron chi connectivity index (χ0n) is 16.0. The van der Waals surface area contributed by atoms with Gasteiger partial charge in [0.2, 0.25) is 5.78 Å². The molecule has 0 fully saturated rings. The lowest BCUT2D eigenvalue weighted by Crippen LogP contribution is -2.20. The van der Waals surface area contributed by atoms with Crippen molar-refractivity contribution in [2.45, 2.75) is 26.6 Å². The number of hydrogen-bond acceptors (Lipinski definition) is 5. The highest BCUT2D eigenvalue weighted by Gasteiger charge is 2.30.